The number of aromatic nitrogens is 1. The zero-order valence-electron chi connectivity index (χ0n) is 32.0. The van der Waals surface area contributed by atoms with Gasteiger partial charge in [-0.05, 0) is 78.8 Å². The summed E-state index contributed by atoms with van der Waals surface area (Å²) < 4.78 is 38.8. The van der Waals surface area contributed by atoms with Crippen molar-refractivity contribution >= 4 is 46.7 Å². The number of fused-ring (bicyclic) bond motifs is 2. The quantitative estimate of drug-likeness (QED) is 0.209. The van der Waals surface area contributed by atoms with E-state index in [0.717, 1.165) is 42.5 Å². The van der Waals surface area contributed by atoms with Gasteiger partial charge in [0.05, 0.1) is 29.5 Å². The van der Waals surface area contributed by atoms with Gasteiger partial charge in [0.15, 0.2) is 36.4 Å². The van der Waals surface area contributed by atoms with Gasteiger partial charge in [-0.1, -0.05) is 13.0 Å². The van der Waals surface area contributed by atoms with E-state index in [1.807, 2.05) is 0 Å². The molecule has 0 N–H and O–H groups in total. The van der Waals surface area contributed by atoms with Gasteiger partial charge in [-0.25, -0.2) is 19.1 Å². The summed E-state index contributed by atoms with van der Waals surface area (Å²) in [7, 11) is 0. The Morgan fingerprint density at radius 2 is 1.56 bits per heavy atom. The molecule has 5 heterocycles. The van der Waals surface area contributed by atoms with E-state index in [-0.39, 0.29) is 41.4 Å². The number of likely N-dealkylation sites (N-methyl/N-ethyl adjacent to an activating group) is 1. The highest BCUT2D eigenvalue weighted by Crippen LogP contribution is 2.47. The summed E-state index contributed by atoms with van der Waals surface area (Å²) in [5.41, 5.74) is -4.08. The van der Waals surface area contributed by atoms with Crippen LogP contribution in [0.5, 0.6) is 5.75 Å². The second kappa shape index (κ2) is 14.2. The summed E-state index contributed by atoms with van der Waals surface area (Å²) in [6.07, 6.45) is 0. The van der Waals surface area contributed by atoms with E-state index < -0.39 is 65.6 Å². The zero-order chi connectivity index (χ0) is 39.3. The molecule has 2 aromatic heterocycles. The maximum absolute atomic E-state index is 16.0. The first kappa shape index (κ1) is 38.5. The number of pyridine rings is 1. The van der Waals surface area contributed by atoms with Gasteiger partial charge in [0, 0.05) is 32.2 Å². The number of benzene rings is 1. The van der Waals surface area contributed by atoms with Crippen LogP contribution < -0.4 is 9.64 Å². The molecule has 2 saturated heterocycles. The maximum atomic E-state index is 16.0. The number of rotatable bonds is 10. The van der Waals surface area contributed by atoms with Gasteiger partial charge in [-0.2, -0.15) is 0 Å². The molecule has 0 unspecified atom stereocenters. The minimum atomic E-state index is -2.49. The number of esters is 2. The Morgan fingerprint density at radius 1 is 0.907 bits per heavy atom. The molecule has 3 aromatic rings. The number of piperazine rings is 1. The number of amides is 4. The number of imide groups is 1. The van der Waals surface area contributed by atoms with Gasteiger partial charge in [0.1, 0.15) is 11.3 Å². The van der Waals surface area contributed by atoms with Gasteiger partial charge in [-0.3, -0.25) is 29.0 Å². The lowest BCUT2D eigenvalue weighted by molar-refractivity contribution is -0.167. The molecule has 3 aliphatic rings. The fraction of sp³-hybridized carbons (Fsp3) is 0.526. The second-order valence-corrected chi connectivity index (χ2v) is 15.6. The second-order valence-electron chi connectivity index (χ2n) is 15.6. The van der Waals surface area contributed by atoms with Gasteiger partial charge < -0.3 is 28.4 Å². The molecule has 2 fully saturated rings. The number of furan rings is 1. The largest absolute Gasteiger partial charge is 0.491 e. The third-order valence-electron chi connectivity index (χ3n) is 9.79. The van der Waals surface area contributed by atoms with E-state index in [1.165, 1.54) is 18.2 Å². The predicted molar refractivity (Wildman–Crippen MR) is 192 cm³/mol. The summed E-state index contributed by atoms with van der Waals surface area (Å²) in [4.78, 5) is 81.8. The molecule has 290 valence electrons. The molecule has 54 heavy (non-hydrogen) atoms. The average molecular weight is 751 g/mol. The number of urea groups is 1. The first-order chi connectivity index (χ1) is 25.4. The summed E-state index contributed by atoms with van der Waals surface area (Å²) in [6.45, 7) is 15.7. The number of ether oxygens (including phenoxy) is 3. The Hall–Kier alpha value is -5.25. The lowest BCUT2D eigenvalue weighted by Gasteiger charge is -2.40. The molecule has 3 aliphatic heterocycles. The Bertz CT molecular complexity index is 1990. The lowest BCUT2D eigenvalue weighted by atomic mass is 9.97. The van der Waals surface area contributed by atoms with Crippen LogP contribution in [0.15, 0.2) is 34.7 Å². The van der Waals surface area contributed by atoms with Crippen LogP contribution in [-0.4, -0.2) is 107 Å². The molecule has 0 radical (unpaired) electrons. The molecule has 1 atom stereocenters. The van der Waals surface area contributed by atoms with E-state index in [4.69, 9.17) is 23.6 Å². The molecule has 4 amide bonds. The molecule has 0 saturated carbocycles. The van der Waals surface area contributed by atoms with Crippen LogP contribution in [0.2, 0.25) is 0 Å². The van der Waals surface area contributed by atoms with Crippen LogP contribution in [0.3, 0.4) is 0 Å². The van der Waals surface area contributed by atoms with Crippen molar-refractivity contribution in [3.63, 3.8) is 0 Å². The standard InChI is InChI=1S/C38H47FN6O9/c1-9-41-15-17-42(18-16-41)28-14-13-25-24(40-28)19-27(54-25)38(44-20-23-11-12-26(51-10-2)30(39)29(23)31(44)46)32(47)43(21-52-33(48)36(3,4)5)35(50)45(38)22-53-34(49)37(6,7)8/h11-14,19H,9-10,15-18,20-22H2,1-8H3/t38-/m0/s1. The highest BCUT2D eigenvalue weighted by Gasteiger charge is 2.67. The van der Waals surface area contributed by atoms with E-state index in [1.54, 1.807) is 60.6 Å². The third-order valence-corrected chi connectivity index (χ3v) is 9.79. The maximum Gasteiger partial charge on any atom is 0.335 e. The Labute approximate surface area is 312 Å². The first-order valence-corrected chi connectivity index (χ1v) is 18.1. The van der Waals surface area contributed by atoms with Crippen LogP contribution in [0.25, 0.3) is 11.1 Å². The van der Waals surface area contributed by atoms with Crippen molar-refractivity contribution in [1.29, 1.82) is 0 Å². The van der Waals surface area contributed by atoms with Crippen LogP contribution in [0.1, 0.15) is 77.1 Å². The average Bonchev–Trinajstić information content (AvgIpc) is 3.76. The number of hydrogen-bond acceptors (Lipinski definition) is 12. The number of carbonyl (C=O) groups is 5. The van der Waals surface area contributed by atoms with Gasteiger partial charge in [0.25, 0.3) is 17.5 Å². The minimum absolute atomic E-state index is 0.127. The summed E-state index contributed by atoms with van der Waals surface area (Å²) in [5, 5.41) is 0. The van der Waals surface area contributed by atoms with Gasteiger partial charge >= 0.3 is 18.0 Å². The Kier molecular flexibility index (Phi) is 10.1. The van der Waals surface area contributed by atoms with Crippen molar-refractivity contribution in [3.05, 3.63) is 53.0 Å². The van der Waals surface area contributed by atoms with Crippen molar-refractivity contribution in [2.45, 2.75) is 67.6 Å². The summed E-state index contributed by atoms with van der Waals surface area (Å²) in [5.74, 6) is -4.08. The molecular weight excluding hydrogens is 703 g/mol. The smallest absolute Gasteiger partial charge is 0.335 e. The third kappa shape index (κ3) is 6.60. The first-order valence-electron chi connectivity index (χ1n) is 18.1. The highest BCUT2D eigenvalue weighted by molar-refractivity contribution is 6.11. The summed E-state index contributed by atoms with van der Waals surface area (Å²) >= 11 is 0. The number of anilines is 1. The fourth-order valence-corrected chi connectivity index (χ4v) is 6.67. The Balaban J connectivity index is 1.51. The molecule has 0 bridgehead atoms. The fourth-order valence-electron chi connectivity index (χ4n) is 6.67. The van der Waals surface area contributed by atoms with Crippen molar-refractivity contribution in [2.24, 2.45) is 10.8 Å². The molecule has 1 aromatic carbocycles. The monoisotopic (exact) mass is 750 g/mol. The lowest BCUT2D eigenvalue weighted by Crippen LogP contribution is -2.60. The number of carbonyl (C=O) groups excluding carboxylic acids is 5. The zero-order valence-corrected chi connectivity index (χ0v) is 32.0. The number of hydrogen-bond donors (Lipinski definition) is 0. The van der Waals surface area contributed by atoms with E-state index in [2.05, 4.69) is 16.7 Å². The molecule has 16 heteroatoms. The molecular formula is C38H47FN6O9. The topological polar surface area (TPSA) is 155 Å². The normalized spacial score (nSPS) is 19.6. The van der Waals surface area contributed by atoms with Crippen LogP contribution in [0, 0.1) is 16.6 Å². The van der Waals surface area contributed by atoms with E-state index in [9.17, 15) is 19.2 Å². The minimum Gasteiger partial charge on any atom is -0.491 e. The van der Waals surface area contributed by atoms with Crippen molar-refractivity contribution in [2.75, 3.05) is 57.7 Å². The molecule has 0 aliphatic carbocycles. The van der Waals surface area contributed by atoms with Gasteiger partial charge in [0.2, 0.25) is 0 Å². The van der Waals surface area contributed by atoms with E-state index >= 15 is 9.18 Å². The Morgan fingerprint density at radius 3 is 2.17 bits per heavy atom. The van der Waals surface area contributed by atoms with Crippen LogP contribution >= 0.6 is 0 Å². The molecule has 6 rings (SSSR count). The SMILES string of the molecule is CCOc1ccc2c(c1F)C(=O)N([C@]1(c3cc4nc(N5CCN(CC)CC5)ccc4o3)C(=O)N(COC(=O)C(C)(C)C)C(=O)N1COC(=O)C(C)(C)C)C2. The predicted octanol–water partition coefficient (Wildman–Crippen LogP) is 4.67. The van der Waals surface area contributed by atoms with Gasteiger partial charge in [-0.15, -0.1) is 0 Å². The van der Waals surface area contributed by atoms with Crippen LogP contribution in [-0.2, 0) is 36.1 Å². The van der Waals surface area contributed by atoms with Crippen molar-refractivity contribution < 1.29 is 47.0 Å². The van der Waals surface area contributed by atoms with E-state index in [0.29, 0.717) is 16.2 Å². The number of halogens is 1. The molecule has 0 spiro atoms. The van der Waals surface area contributed by atoms with Crippen molar-refractivity contribution in [3.8, 4) is 5.75 Å². The number of nitrogens with zero attached hydrogens (tertiary/aromatic N) is 6. The van der Waals surface area contributed by atoms with Crippen LogP contribution in [0.4, 0.5) is 15.0 Å². The molecule has 15 nitrogen and oxygen atoms in total. The van der Waals surface area contributed by atoms with Crippen molar-refractivity contribution in [1.82, 2.24) is 24.6 Å². The summed E-state index contributed by atoms with van der Waals surface area (Å²) in [6, 6.07) is 6.77. The highest BCUT2D eigenvalue weighted by atomic mass is 19.1.